The average Bonchev–Trinajstić information content (AvgIpc) is 2.53. The molecule has 4 heteroatoms. The quantitative estimate of drug-likeness (QED) is 0.904. The van der Waals surface area contributed by atoms with E-state index in [1.165, 1.54) is 5.56 Å². The minimum Gasteiger partial charge on any atom is -0.353 e. The Morgan fingerprint density at radius 3 is 2.16 bits per heavy atom. The smallest absolute Gasteiger partial charge is 0.253 e. The predicted molar refractivity (Wildman–Crippen MR) is 102 cm³/mol. The van der Waals surface area contributed by atoms with Crippen LogP contribution in [0.2, 0.25) is 0 Å². The van der Waals surface area contributed by atoms with Gasteiger partial charge in [0.05, 0.1) is 0 Å². The van der Waals surface area contributed by atoms with Gasteiger partial charge in [0.2, 0.25) is 5.91 Å². The summed E-state index contributed by atoms with van der Waals surface area (Å²) >= 11 is 0. The molecular weight excluding hydrogens is 312 g/mol. The minimum atomic E-state index is 0.0902. The van der Waals surface area contributed by atoms with Crippen molar-refractivity contribution in [2.75, 3.05) is 13.1 Å². The molecule has 2 amide bonds. The Morgan fingerprint density at radius 2 is 1.68 bits per heavy atom. The van der Waals surface area contributed by atoms with Crippen LogP contribution in [0, 0.1) is 5.92 Å². The molecule has 1 N–H and O–H groups in total. The highest BCUT2D eigenvalue weighted by Crippen LogP contribution is 2.23. The fraction of sp³-hybridized carbons (Fsp3) is 0.619. The molecule has 1 aromatic carbocycles. The van der Waals surface area contributed by atoms with Crippen molar-refractivity contribution in [2.24, 2.45) is 5.92 Å². The number of nitrogens with zero attached hydrogens (tertiary/aromatic N) is 1. The SMILES string of the molecule is CC(C)CC(=O)NC1CCN(C(=O)c2ccc(C(C)(C)C)cc2)CC1. The largest absolute Gasteiger partial charge is 0.353 e. The molecule has 1 aromatic rings. The van der Waals surface area contributed by atoms with Gasteiger partial charge in [0, 0.05) is 31.1 Å². The zero-order valence-electron chi connectivity index (χ0n) is 16.3. The number of hydrogen-bond acceptors (Lipinski definition) is 2. The molecule has 0 unspecified atom stereocenters. The maximum atomic E-state index is 12.7. The lowest BCUT2D eigenvalue weighted by Crippen LogP contribution is -2.46. The molecular formula is C21H32N2O2. The highest BCUT2D eigenvalue weighted by atomic mass is 16.2. The Kier molecular flexibility index (Phi) is 6.26. The second-order valence-corrected chi connectivity index (χ2v) is 8.56. The zero-order chi connectivity index (χ0) is 18.6. The van der Waals surface area contributed by atoms with Gasteiger partial charge in [-0.15, -0.1) is 0 Å². The highest BCUT2D eigenvalue weighted by molar-refractivity contribution is 5.94. The molecule has 0 aromatic heterocycles. The van der Waals surface area contributed by atoms with Gasteiger partial charge in [0.15, 0.2) is 0 Å². The molecule has 4 nitrogen and oxygen atoms in total. The van der Waals surface area contributed by atoms with Crippen LogP contribution in [0.25, 0.3) is 0 Å². The van der Waals surface area contributed by atoms with E-state index in [9.17, 15) is 9.59 Å². The lowest BCUT2D eigenvalue weighted by Gasteiger charge is -2.32. The number of carbonyl (C=O) groups is 2. The van der Waals surface area contributed by atoms with Crippen LogP contribution >= 0.6 is 0 Å². The number of benzene rings is 1. The van der Waals surface area contributed by atoms with Gasteiger partial charge in [0.25, 0.3) is 5.91 Å². The summed E-state index contributed by atoms with van der Waals surface area (Å²) in [5, 5.41) is 3.10. The molecule has 2 rings (SSSR count). The molecule has 1 fully saturated rings. The molecule has 0 spiro atoms. The topological polar surface area (TPSA) is 49.4 Å². The van der Waals surface area contributed by atoms with Crippen LogP contribution in [-0.2, 0) is 10.2 Å². The average molecular weight is 344 g/mol. The summed E-state index contributed by atoms with van der Waals surface area (Å²) in [6, 6.07) is 8.15. The molecule has 1 aliphatic rings. The van der Waals surface area contributed by atoms with Crippen molar-refractivity contribution >= 4 is 11.8 Å². The fourth-order valence-corrected chi connectivity index (χ4v) is 3.18. The maximum absolute atomic E-state index is 12.7. The first-order valence-electron chi connectivity index (χ1n) is 9.36. The van der Waals surface area contributed by atoms with Gasteiger partial charge in [-0.05, 0) is 41.9 Å². The van der Waals surface area contributed by atoms with E-state index in [-0.39, 0.29) is 23.3 Å². The fourth-order valence-electron chi connectivity index (χ4n) is 3.18. The summed E-state index contributed by atoms with van der Waals surface area (Å²) in [5.41, 5.74) is 2.07. The third-order valence-corrected chi connectivity index (χ3v) is 4.74. The molecule has 0 atom stereocenters. The van der Waals surface area contributed by atoms with Crippen LogP contribution in [0.3, 0.4) is 0 Å². The molecule has 0 radical (unpaired) electrons. The molecule has 1 heterocycles. The van der Waals surface area contributed by atoms with Crippen LogP contribution in [0.4, 0.5) is 0 Å². The number of hydrogen-bond donors (Lipinski definition) is 1. The summed E-state index contributed by atoms with van der Waals surface area (Å²) in [7, 11) is 0. The minimum absolute atomic E-state index is 0.0902. The summed E-state index contributed by atoms with van der Waals surface area (Å²) < 4.78 is 0. The number of rotatable bonds is 4. The maximum Gasteiger partial charge on any atom is 0.253 e. The Bertz CT molecular complexity index is 591. The van der Waals surface area contributed by atoms with Crippen molar-refractivity contribution in [3.63, 3.8) is 0 Å². The zero-order valence-corrected chi connectivity index (χ0v) is 16.3. The number of piperidine rings is 1. The number of amides is 2. The molecule has 1 saturated heterocycles. The van der Waals surface area contributed by atoms with Gasteiger partial charge in [-0.1, -0.05) is 46.8 Å². The predicted octanol–water partition coefficient (Wildman–Crippen LogP) is 3.75. The summed E-state index contributed by atoms with van der Waals surface area (Å²) in [4.78, 5) is 26.5. The van der Waals surface area contributed by atoms with Gasteiger partial charge >= 0.3 is 0 Å². The lowest BCUT2D eigenvalue weighted by atomic mass is 9.86. The van der Waals surface area contributed by atoms with E-state index in [1.54, 1.807) is 0 Å². The van der Waals surface area contributed by atoms with Crippen molar-refractivity contribution in [3.05, 3.63) is 35.4 Å². The van der Waals surface area contributed by atoms with E-state index in [0.717, 1.165) is 18.4 Å². The van der Waals surface area contributed by atoms with Crippen LogP contribution in [0.15, 0.2) is 24.3 Å². The molecule has 0 saturated carbocycles. The second-order valence-electron chi connectivity index (χ2n) is 8.56. The number of likely N-dealkylation sites (tertiary alicyclic amines) is 1. The molecule has 25 heavy (non-hydrogen) atoms. The van der Waals surface area contributed by atoms with E-state index in [1.807, 2.05) is 43.0 Å². The number of nitrogens with one attached hydrogen (secondary N) is 1. The van der Waals surface area contributed by atoms with Gasteiger partial charge in [-0.2, -0.15) is 0 Å². The van der Waals surface area contributed by atoms with Gasteiger partial charge in [0.1, 0.15) is 0 Å². The van der Waals surface area contributed by atoms with Gasteiger partial charge < -0.3 is 10.2 Å². The Balaban J connectivity index is 1.88. The Morgan fingerprint density at radius 1 is 1.12 bits per heavy atom. The van der Waals surface area contributed by atoms with E-state index in [4.69, 9.17) is 0 Å². The molecule has 138 valence electrons. The molecule has 0 aliphatic carbocycles. The Labute approximate surface area is 152 Å². The van der Waals surface area contributed by atoms with Crippen molar-refractivity contribution in [1.82, 2.24) is 10.2 Å². The van der Waals surface area contributed by atoms with Crippen LogP contribution < -0.4 is 5.32 Å². The highest BCUT2D eigenvalue weighted by Gasteiger charge is 2.25. The van der Waals surface area contributed by atoms with E-state index >= 15 is 0 Å². The lowest BCUT2D eigenvalue weighted by molar-refractivity contribution is -0.122. The third-order valence-electron chi connectivity index (χ3n) is 4.74. The van der Waals surface area contributed by atoms with Crippen molar-refractivity contribution in [2.45, 2.75) is 65.3 Å². The van der Waals surface area contributed by atoms with Crippen LogP contribution in [-0.4, -0.2) is 35.8 Å². The van der Waals surface area contributed by atoms with Crippen LogP contribution in [0.5, 0.6) is 0 Å². The number of carbonyl (C=O) groups excluding carboxylic acids is 2. The third kappa shape index (κ3) is 5.58. The van der Waals surface area contributed by atoms with Gasteiger partial charge in [-0.25, -0.2) is 0 Å². The first kappa shape index (κ1) is 19.5. The summed E-state index contributed by atoms with van der Waals surface area (Å²) in [6.07, 6.45) is 2.23. The first-order valence-corrected chi connectivity index (χ1v) is 9.36. The normalized spacial score (nSPS) is 16.2. The Hall–Kier alpha value is -1.84. The van der Waals surface area contributed by atoms with Crippen LogP contribution in [0.1, 0.15) is 69.8 Å². The van der Waals surface area contributed by atoms with E-state index in [2.05, 4.69) is 26.1 Å². The van der Waals surface area contributed by atoms with Gasteiger partial charge in [-0.3, -0.25) is 9.59 Å². The molecule has 1 aliphatic heterocycles. The summed E-state index contributed by atoms with van der Waals surface area (Å²) in [5.74, 6) is 0.586. The van der Waals surface area contributed by atoms with Crippen molar-refractivity contribution in [1.29, 1.82) is 0 Å². The first-order chi connectivity index (χ1) is 11.7. The van der Waals surface area contributed by atoms with E-state index < -0.39 is 0 Å². The second kappa shape index (κ2) is 8.03. The summed E-state index contributed by atoms with van der Waals surface area (Å²) in [6.45, 7) is 12.0. The molecule has 0 bridgehead atoms. The van der Waals surface area contributed by atoms with Crippen molar-refractivity contribution < 1.29 is 9.59 Å². The standard InChI is InChI=1S/C21H32N2O2/c1-15(2)14-19(24)22-18-10-12-23(13-11-18)20(25)16-6-8-17(9-7-16)21(3,4)5/h6-9,15,18H,10-14H2,1-5H3,(H,22,24). The van der Waals surface area contributed by atoms with Crippen molar-refractivity contribution in [3.8, 4) is 0 Å². The van der Waals surface area contributed by atoms with E-state index in [0.29, 0.717) is 25.4 Å². The monoisotopic (exact) mass is 344 g/mol.